The van der Waals surface area contributed by atoms with E-state index in [1.165, 1.54) is 0 Å². The molecule has 1 aromatic heterocycles. The standard InChI is InChI=1S/C18H22N4O3/c1-22(2)9-3-7-19-13-6-8-20-15(10-13)18(23)21-14-4-5-16-17(11-14)25-12-24-16/h4-6,8,10-11H,3,7,9,12H2,1-2H3,(H,19,20)(H,21,23). The van der Waals surface area contributed by atoms with E-state index in [-0.39, 0.29) is 12.7 Å². The molecule has 7 heteroatoms. The number of rotatable bonds is 7. The van der Waals surface area contributed by atoms with Crippen molar-refractivity contribution in [2.24, 2.45) is 0 Å². The van der Waals surface area contributed by atoms with Crippen molar-refractivity contribution in [1.82, 2.24) is 9.88 Å². The van der Waals surface area contributed by atoms with Crippen LogP contribution in [0.1, 0.15) is 16.9 Å². The van der Waals surface area contributed by atoms with Crippen molar-refractivity contribution in [3.05, 3.63) is 42.2 Å². The number of fused-ring (bicyclic) bond motifs is 1. The number of hydrogen-bond donors (Lipinski definition) is 2. The summed E-state index contributed by atoms with van der Waals surface area (Å²) in [5.74, 6) is 1.04. The summed E-state index contributed by atoms with van der Waals surface area (Å²) in [5, 5.41) is 6.14. The third-order valence-electron chi connectivity index (χ3n) is 3.73. The Balaban J connectivity index is 1.59. The van der Waals surface area contributed by atoms with Crippen molar-refractivity contribution in [3.8, 4) is 11.5 Å². The van der Waals surface area contributed by atoms with E-state index in [0.29, 0.717) is 22.9 Å². The number of hydrogen-bond acceptors (Lipinski definition) is 6. The van der Waals surface area contributed by atoms with Gasteiger partial charge in [0.2, 0.25) is 6.79 Å². The van der Waals surface area contributed by atoms with Crippen molar-refractivity contribution in [1.29, 1.82) is 0 Å². The number of carbonyl (C=O) groups excluding carboxylic acids is 1. The van der Waals surface area contributed by atoms with Crippen LogP contribution in [0.4, 0.5) is 11.4 Å². The van der Waals surface area contributed by atoms with Gasteiger partial charge in [0.05, 0.1) is 0 Å². The van der Waals surface area contributed by atoms with Crippen LogP contribution in [0.15, 0.2) is 36.5 Å². The number of anilines is 2. The van der Waals surface area contributed by atoms with Gasteiger partial charge in [-0.2, -0.15) is 0 Å². The molecule has 0 unspecified atom stereocenters. The second-order valence-corrected chi connectivity index (χ2v) is 6.04. The second-order valence-electron chi connectivity index (χ2n) is 6.04. The molecular weight excluding hydrogens is 320 g/mol. The molecule has 1 aliphatic rings. The lowest BCUT2D eigenvalue weighted by Crippen LogP contribution is -2.17. The first-order valence-corrected chi connectivity index (χ1v) is 8.17. The Hall–Kier alpha value is -2.80. The molecule has 25 heavy (non-hydrogen) atoms. The Morgan fingerprint density at radius 1 is 1.16 bits per heavy atom. The van der Waals surface area contributed by atoms with Gasteiger partial charge >= 0.3 is 0 Å². The van der Waals surface area contributed by atoms with Crippen LogP contribution in [-0.4, -0.2) is 49.8 Å². The first kappa shape index (κ1) is 17.0. The molecule has 1 amide bonds. The molecule has 7 nitrogen and oxygen atoms in total. The molecule has 3 rings (SSSR count). The van der Waals surface area contributed by atoms with E-state index in [1.807, 2.05) is 20.2 Å². The third kappa shape index (κ3) is 4.60. The van der Waals surface area contributed by atoms with Gasteiger partial charge in [-0.25, -0.2) is 0 Å². The largest absolute Gasteiger partial charge is 0.454 e. The van der Waals surface area contributed by atoms with Gasteiger partial charge in [0, 0.05) is 30.2 Å². The van der Waals surface area contributed by atoms with E-state index in [4.69, 9.17) is 9.47 Å². The molecule has 0 radical (unpaired) electrons. The maximum atomic E-state index is 12.4. The van der Waals surface area contributed by atoms with Crippen molar-refractivity contribution < 1.29 is 14.3 Å². The van der Waals surface area contributed by atoms with Crippen molar-refractivity contribution in [3.63, 3.8) is 0 Å². The number of ether oxygens (including phenoxy) is 2. The van der Waals surface area contributed by atoms with Gasteiger partial charge in [-0.1, -0.05) is 0 Å². The van der Waals surface area contributed by atoms with E-state index >= 15 is 0 Å². The van der Waals surface area contributed by atoms with E-state index in [9.17, 15) is 4.79 Å². The average molecular weight is 342 g/mol. The molecule has 0 saturated carbocycles. The topological polar surface area (TPSA) is 75.7 Å². The highest BCUT2D eigenvalue weighted by atomic mass is 16.7. The number of carbonyl (C=O) groups is 1. The van der Waals surface area contributed by atoms with Crippen molar-refractivity contribution >= 4 is 17.3 Å². The van der Waals surface area contributed by atoms with Crippen LogP contribution in [0.5, 0.6) is 11.5 Å². The Labute approximate surface area is 147 Å². The molecule has 0 bridgehead atoms. The fraction of sp³-hybridized carbons (Fsp3) is 0.333. The monoisotopic (exact) mass is 342 g/mol. The van der Waals surface area contributed by atoms with Crippen LogP contribution in [0.25, 0.3) is 0 Å². The highest BCUT2D eigenvalue weighted by molar-refractivity contribution is 6.03. The van der Waals surface area contributed by atoms with Crippen LogP contribution in [0.3, 0.4) is 0 Å². The zero-order valence-corrected chi connectivity index (χ0v) is 14.4. The molecule has 2 aromatic rings. The molecule has 1 aromatic carbocycles. The van der Waals surface area contributed by atoms with Crippen LogP contribution in [0, 0.1) is 0 Å². The summed E-state index contributed by atoms with van der Waals surface area (Å²) < 4.78 is 10.6. The quantitative estimate of drug-likeness (QED) is 0.753. The normalized spacial score (nSPS) is 12.3. The third-order valence-corrected chi connectivity index (χ3v) is 3.73. The molecule has 132 valence electrons. The van der Waals surface area contributed by atoms with Crippen molar-refractivity contribution in [2.75, 3.05) is 44.6 Å². The number of aromatic nitrogens is 1. The van der Waals surface area contributed by atoms with Gasteiger partial charge in [-0.05, 0) is 51.3 Å². The molecule has 0 aliphatic carbocycles. The number of nitrogens with zero attached hydrogens (tertiary/aromatic N) is 2. The van der Waals surface area contributed by atoms with Gasteiger partial charge in [0.15, 0.2) is 11.5 Å². The van der Waals surface area contributed by atoms with E-state index in [2.05, 4.69) is 20.5 Å². The Kier molecular flexibility index (Phi) is 5.35. The van der Waals surface area contributed by atoms with Crippen LogP contribution in [-0.2, 0) is 0 Å². The molecule has 0 spiro atoms. The summed E-state index contributed by atoms with van der Waals surface area (Å²) in [6.07, 6.45) is 2.65. The Morgan fingerprint density at radius 2 is 2.00 bits per heavy atom. The molecule has 2 heterocycles. The zero-order valence-electron chi connectivity index (χ0n) is 14.4. The molecule has 0 atom stereocenters. The first-order chi connectivity index (χ1) is 12.1. The summed E-state index contributed by atoms with van der Waals surface area (Å²) in [6.45, 7) is 2.05. The molecule has 1 aliphatic heterocycles. The van der Waals surface area contributed by atoms with Crippen LogP contribution < -0.4 is 20.1 Å². The lowest BCUT2D eigenvalue weighted by molar-refractivity contribution is 0.102. The molecular formula is C18H22N4O3. The number of amides is 1. The number of benzene rings is 1. The zero-order chi connectivity index (χ0) is 17.6. The van der Waals surface area contributed by atoms with Gasteiger partial charge in [-0.3, -0.25) is 9.78 Å². The minimum atomic E-state index is -0.268. The van der Waals surface area contributed by atoms with E-state index in [0.717, 1.165) is 25.2 Å². The highest BCUT2D eigenvalue weighted by Crippen LogP contribution is 2.34. The minimum absolute atomic E-state index is 0.204. The molecule has 2 N–H and O–H groups in total. The van der Waals surface area contributed by atoms with E-state index < -0.39 is 0 Å². The predicted molar refractivity (Wildman–Crippen MR) is 96.4 cm³/mol. The van der Waals surface area contributed by atoms with Gasteiger partial charge in [-0.15, -0.1) is 0 Å². The maximum absolute atomic E-state index is 12.4. The maximum Gasteiger partial charge on any atom is 0.274 e. The van der Waals surface area contributed by atoms with Gasteiger partial charge in [0.25, 0.3) is 5.91 Å². The highest BCUT2D eigenvalue weighted by Gasteiger charge is 2.15. The Bertz CT molecular complexity index is 749. The van der Waals surface area contributed by atoms with Gasteiger partial charge in [0.1, 0.15) is 5.69 Å². The fourth-order valence-electron chi connectivity index (χ4n) is 2.46. The van der Waals surface area contributed by atoms with Crippen LogP contribution in [0.2, 0.25) is 0 Å². The number of pyridine rings is 1. The molecule has 0 fully saturated rings. The average Bonchev–Trinajstić information content (AvgIpc) is 3.06. The smallest absolute Gasteiger partial charge is 0.274 e. The number of nitrogens with one attached hydrogen (secondary N) is 2. The SMILES string of the molecule is CN(C)CCCNc1ccnc(C(=O)Nc2ccc3c(c2)OCO3)c1. The van der Waals surface area contributed by atoms with E-state index in [1.54, 1.807) is 30.5 Å². The lowest BCUT2D eigenvalue weighted by atomic mass is 10.2. The molecule has 0 saturated heterocycles. The van der Waals surface area contributed by atoms with Gasteiger partial charge < -0.3 is 25.0 Å². The summed E-state index contributed by atoms with van der Waals surface area (Å²) in [4.78, 5) is 18.7. The first-order valence-electron chi connectivity index (χ1n) is 8.17. The fourth-order valence-corrected chi connectivity index (χ4v) is 2.46. The summed E-state index contributed by atoms with van der Waals surface area (Å²) in [6, 6.07) is 8.89. The summed E-state index contributed by atoms with van der Waals surface area (Å²) >= 11 is 0. The lowest BCUT2D eigenvalue weighted by Gasteiger charge is -2.11. The van der Waals surface area contributed by atoms with Crippen LogP contribution >= 0.6 is 0 Å². The predicted octanol–water partition coefficient (Wildman–Crippen LogP) is 2.43. The minimum Gasteiger partial charge on any atom is -0.454 e. The Morgan fingerprint density at radius 3 is 2.84 bits per heavy atom. The summed E-state index contributed by atoms with van der Waals surface area (Å²) in [5.41, 5.74) is 1.88. The second kappa shape index (κ2) is 7.85. The van der Waals surface area contributed by atoms with Crippen molar-refractivity contribution in [2.45, 2.75) is 6.42 Å². The summed E-state index contributed by atoms with van der Waals surface area (Å²) in [7, 11) is 4.09.